The summed E-state index contributed by atoms with van der Waals surface area (Å²) < 4.78 is 23.3. The average Bonchev–Trinajstić information content (AvgIpc) is 2.93. The monoisotopic (exact) mass is 561 g/mol. The van der Waals surface area contributed by atoms with Crippen molar-refractivity contribution >= 4 is 28.9 Å². The zero-order chi connectivity index (χ0) is 28.6. The van der Waals surface area contributed by atoms with Crippen molar-refractivity contribution in [2.75, 3.05) is 33.2 Å². The maximum absolute atomic E-state index is 14.1. The van der Waals surface area contributed by atoms with Crippen LogP contribution in [0.4, 0.5) is 5.69 Å². The van der Waals surface area contributed by atoms with Crippen LogP contribution in [0.1, 0.15) is 35.2 Å². The van der Waals surface area contributed by atoms with Gasteiger partial charge < -0.3 is 34.5 Å². The smallest absolute Gasteiger partial charge is 0.236 e. The molecule has 1 saturated heterocycles. The zero-order valence-corrected chi connectivity index (χ0v) is 24.5. The molecular weight excluding hydrogens is 526 g/mol. The van der Waals surface area contributed by atoms with E-state index in [0.717, 1.165) is 27.9 Å². The molecule has 3 aromatic rings. The lowest BCUT2D eigenvalue weighted by Crippen LogP contribution is -2.71. The number of benzene rings is 3. The SMILES string of the molecule is COc1ccc(CCN2C(=S)N[C@H]3c4cccc(OC)c4O[C@]2(C)[C@@H]3C(=O)Nc2ccc(C)cc2C)cc1OC. The largest absolute Gasteiger partial charge is 0.493 e. The molecule has 9 heteroatoms. The maximum Gasteiger partial charge on any atom is 0.236 e. The fraction of sp³-hybridized carbons (Fsp3) is 0.355. The summed E-state index contributed by atoms with van der Waals surface area (Å²) in [5, 5.41) is 7.16. The minimum absolute atomic E-state index is 0.154. The number of hydrogen-bond acceptors (Lipinski definition) is 6. The summed E-state index contributed by atoms with van der Waals surface area (Å²) in [5.41, 5.74) is 3.68. The number of thiocarbonyl (C=S) groups is 1. The molecule has 3 atom stereocenters. The number of hydrogen-bond donors (Lipinski definition) is 2. The number of fused-ring (bicyclic) bond motifs is 4. The molecule has 8 nitrogen and oxygen atoms in total. The third kappa shape index (κ3) is 4.79. The maximum atomic E-state index is 14.1. The summed E-state index contributed by atoms with van der Waals surface area (Å²) in [6, 6.07) is 17.1. The summed E-state index contributed by atoms with van der Waals surface area (Å²) in [5.74, 6) is 1.77. The van der Waals surface area contributed by atoms with E-state index in [1.54, 1.807) is 21.3 Å². The molecule has 1 amide bonds. The zero-order valence-electron chi connectivity index (χ0n) is 23.7. The molecule has 2 heterocycles. The van der Waals surface area contributed by atoms with Gasteiger partial charge in [-0.3, -0.25) is 4.79 Å². The van der Waals surface area contributed by atoms with Crippen LogP contribution in [0, 0.1) is 19.8 Å². The van der Waals surface area contributed by atoms with Gasteiger partial charge in [-0.2, -0.15) is 0 Å². The van der Waals surface area contributed by atoms with Crippen LogP contribution in [-0.2, 0) is 11.2 Å². The van der Waals surface area contributed by atoms with Crippen LogP contribution in [0.3, 0.4) is 0 Å². The van der Waals surface area contributed by atoms with Crippen LogP contribution in [0.15, 0.2) is 54.6 Å². The van der Waals surface area contributed by atoms with E-state index < -0.39 is 17.7 Å². The van der Waals surface area contributed by atoms with E-state index in [9.17, 15) is 4.79 Å². The van der Waals surface area contributed by atoms with Crippen LogP contribution >= 0.6 is 12.2 Å². The van der Waals surface area contributed by atoms with Gasteiger partial charge in [0, 0.05) is 17.8 Å². The molecule has 2 aliphatic rings. The van der Waals surface area contributed by atoms with Crippen molar-refractivity contribution in [2.45, 2.75) is 39.0 Å². The fourth-order valence-electron chi connectivity index (χ4n) is 5.76. The topological polar surface area (TPSA) is 81.3 Å². The molecule has 0 radical (unpaired) electrons. The van der Waals surface area contributed by atoms with Crippen LogP contribution in [0.5, 0.6) is 23.0 Å². The van der Waals surface area contributed by atoms with Gasteiger partial charge in [-0.15, -0.1) is 0 Å². The molecule has 210 valence electrons. The molecule has 0 aromatic heterocycles. The highest BCUT2D eigenvalue weighted by Gasteiger charge is 2.59. The van der Waals surface area contributed by atoms with E-state index >= 15 is 0 Å². The lowest BCUT2D eigenvalue weighted by Gasteiger charge is -2.56. The van der Waals surface area contributed by atoms with E-state index in [-0.39, 0.29) is 5.91 Å². The lowest BCUT2D eigenvalue weighted by atomic mass is 9.78. The predicted octanol–water partition coefficient (Wildman–Crippen LogP) is 5.17. The van der Waals surface area contributed by atoms with Crippen LogP contribution in [-0.4, -0.2) is 49.5 Å². The van der Waals surface area contributed by atoms with Gasteiger partial charge in [0.25, 0.3) is 0 Å². The molecule has 5 rings (SSSR count). The van der Waals surface area contributed by atoms with Crippen LogP contribution in [0.2, 0.25) is 0 Å². The number of anilines is 1. The Bertz CT molecular complexity index is 1460. The summed E-state index contributed by atoms with van der Waals surface area (Å²) >= 11 is 5.88. The second-order valence-electron chi connectivity index (χ2n) is 10.3. The highest BCUT2D eigenvalue weighted by Crippen LogP contribution is 2.51. The van der Waals surface area contributed by atoms with Crippen LogP contribution in [0.25, 0.3) is 0 Å². The number of aryl methyl sites for hydroxylation is 2. The second-order valence-corrected chi connectivity index (χ2v) is 10.7. The highest BCUT2D eigenvalue weighted by molar-refractivity contribution is 7.80. The Morgan fingerprint density at radius 3 is 2.48 bits per heavy atom. The summed E-state index contributed by atoms with van der Waals surface area (Å²) in [4.78, 5) is 16.1. The first-order chi connectivity index (χ1) is 19.2. The number of para-hydroxylation sites is 1. The van der Waals surface area contributed by atoms with Crippen LogP contribution < -0.4 is 29.6 Å². The molecule has 40 heavy (non-hydrogen) atoms. The van der Waals surface area contributed by atoms with Crippen molar-refractivity contribution in [1.82, 2.24) is 10.2 Å². The molecule has 2 N–H and O–H groups in total. The number of ether oxygens (including phenoxy) is 4. The number of methoxy groups -OCH3 is 3. The number of nitrogens with one attached hydrogen (secondary N) is 2. The Hall–Kier alpha value is -3.98. The molecular formula is C31H35N3O5S. The quantitative estimate of drug-likeness (QED) is 0.365. The Kier molecular flexibility index (Phi) is 7.51. The van der Waals surface area contributed by atoms with Gasteiger partial charge in [0.15, 0.2) is 33.8 Å². The van der Waals surface area contributed by atoms with E-state index in [1.807, 2.05) is 74.2 Å². The molecule has 0 spiro atoms. The van der Waals surface area contributed by atoms with Crippen molar-refractivity contribution < 1.29 is 23.7 Å². The van der Waals surface area contributed by atoms with E-state index in [2.05, 4.69) is 16.7 Å². The number of amides is 1. The first-order valence-corrected chi connectivity index (χ1v) is 13.6. The number of carbonyl (C=O) groups is 1. The third-order valence-corrected chi connectivity index (χ3v) is 8.18. The Morgan fingerprint density at radius 1 is 1.02 bits per heavy atom. The number of rotatable bonds is 8. The number of nitrogens with zero attached hydrogens (tertiary/aromatic N) is 1. The van der Waals surface area contributed by atoms with Crippen molar-refractivity contribution in [1.29, 1.82) is 0 Å². The second kappa shape index (κ2) is 10.9. The summed E-state index contributed by atoms with van der Waals surface area (Å²) in [6.45, 7) is 6.46. The first-order valence-electron chi connectivity index (χ1n) is 13.2. The molecule has 3 aromatic carbocycles. The fourth-order valence-corrected chi connectivity index (χ4v) is 6.16. The number of carbonyl (C=O) groups excluding carboxylic acids is 1. The van der Waals surface area contributed by atoms with Gasteiger partial charge in [0.05, 0.1) is 27.4 Å². The molecule has 1 fully saturated rings. The Morgan fingerprint density at radius 2 is 1.77 bits per heavy atom. The van der Waals surface area contributed by atoms with Crippen molar-refractivity contribution in [3.8, 4) is 23.0 Å². The average molecular weight is 562 g/mol. The third-order valence-electron chi connectivity index (χ3n) is 7.84. The standard InChI is InChI=1S/C31H35N3O5S/c1-18-10-12-22(19(2)16-18)32-29(35)26-27-21-8-7-9-24(37-5)28(21)39-31(26,3)34(30(40)33-27)15-14-20-11-13-23(36-4)25(17-20)38-6/h7-13,16-17,26-27H,14-15H2,1-6H3,(H,32,35)(H,33,40)/t26-,27-,31+/m0/s1. The molecule has 2 bridgehead atoms. The van der Waals surface area contributed by atoms with Crippen molar-refractivity contribution in [3.05, 3.63) is 76.9 Å². The first kappa shape index (κ1) is 27.6. The Balaban J connectivity index is 1.52. The lowest BCUT2D eigenvalue weighted by molar-refractivity contribution is -0.149. The normalized spacial score (nSPS) is 21.1. The van der Waals surface area contributed by atoms with Gasteiger partial charge in [0.1, 0.15) is 5.92 Å². The van der Waals surface area contributed by atoms with E-state index in [4.69, 9.17) is 31.2 Å². The van der Waals surface area contributed by atoms with E-state index in [0.29, 0.717) is 41.1 Å². The summed E-state index contributed by atoms with van der Waals surface area (Å²) in [6.07, 6.45) is 0.635. The highest BCUT2D eigenvalue weighted by atomic mass is 32.1. The Labute approximate surface area is 240 Å². The van der Waals surface area contributed by atoms with Crippen molar-refractivity contribution in [2.24, 2.45) is 5.92 Å². The predicted molar refractivity (Wildman–Crippen MR) is 158 cm³/mol. The minimum atomic E-state index is -1.09. The molecule has 2 aliphatic heterocycles. The van der Waals surface area contributed by atoms with Gasteiger partial charge in [-0.05, 0) is 74.8 Å². The van der Waals surface area contributed by atoms with Gasteiger partial charge in [-0.25, -0.2) is 0 Å². The molecule has 0 saturated carbocycles. The van der Waals surface area contributed by atoms with Gasteiger partial charge in [-0.1, -0.05) is 35.9 Å². The minimum Gasteiger partial charge on any atom is -0.493 e. The van der Waals surface area contributed by atoms with E-state index in [1.165, 1.54) is 0 Å². The van der Waals surface area contributed by atoms with Crippen molar-refractivity contribution in [3.63, 3.8) is 0 Å². The summed E-state index contributed by atoms with van der Waals surface area (Å²) in [7, 11) is 4.84. The van der Waals surface area contributed by atoms with Gasteiger partial charge >= 0.3 is 0 Å². The molecule has 0 unspecified atom stereocenters. The van der Waals surface area contributed by atoms with Gasteiger partial charge in [0.2, 0.25) is 5.91 Å². The molecule has 0 aliphatic carbocycles.